The molecule has 3 rings (SSSR count). The van der Waals surface area contributed by atoms with Gasteiger partial charge in [0.25, 0.3) is 0 Å². The van der Waals surface area contributed by atoms with Gasteiger partial charge in [-0.1, -0.05) is 50.1 Å². The molecule has 0 amide bonds. The molecule has 1 saturated carbocycles. The first-order chi connectivity index (χ1) is 9.23. The van der Waals surface area contributed by atoms with Crippen LogP contribution in [0.4, 0.5) is 0 Å². The molecule has 1 saturated heterocycles. The lowest BCUT2D eigenvalue weighted by atomic mass is 9.73. The molecule has 1 aromatic carbocycles. The second-order valence-corrected chi connectivity index (χ2v) is 6.60. The number of rotatable bonds is 3. The maximum Gasteiger partial charge on any atom is 0.0615 e. The Kier molecular flexibility index (Phi) is 3.64. The molecule has 2 atom stereocenters. The Bertz CT molecular complexity index is 413. The van der Waals surface area contributed by atoms with Gasteiger partial charge in [0.2, 0.25) is 0 Å². The Morgan fingerprint density at radius 1 is 1.26 bits per heavy atom. The molecule has 2 heteroatoms. The normalized spacial score (nSPS) is 33.1. The second kappa shape index (κ2) is 5.26. The lowest BCUT2D eigenvalue weighted by Gasteiger charge is -2.54. The number of hydrogen-bond acceptors (Lipinski definition) is 2. The third-order valence-corrected chi connectivity index (χ3v) is 5.19. The fourth-order valence-corrected chi connectivity index (χ4v) is 3.97. The van der Waals surface area contributed by atoms with Crippen LogP contribution in [0.2, 0.25) is 0 Å². The van der Waals surface area contributed by atoms with E-state index in [1.54, 1.807) is 0 Å². The van der Waals surface area contributed by atoms with Gasteiger partial charge in [0, 0.05) is 24.5 Å². The van der Waals surface area contributed by atoms with Crippen LogP contribution < -0.4 is 0 Å². The minimum absolute atomic E-state index is 0.0863. The van der Waals surface area contributed by atoms with Gasteiger partial charge in [0.1, 0.15) is 0 Å². The summed E-state index contributed by atoms with van der Waals surface area (Å²) in [5.74, 6) is 1.43. The van der Waals surface area contributed by atoms with Gasteiger partial charge < -0.3 is 5.11 Å². The molecule has 1 N–H and O–H groups in total. The van der Waals surface area contributed by atoms with Crippen molar-refractivity contribution in [1.29, 1.82) is 0 Å². The minimum Gasteiger partial charge on any atom is -0.394 e. The standard InChI is InChI=1S/C17H25NO/c1-14-6-5-9-17(10-14,13-19)18-11-16(12-18)15-7-3-2-4-8-15/h2-4,7-8,14,16,19H,5-6,9-13H2,1H3. The second-order valence-electron chi connectivity index (χ2n) is 6.60. The van der Waals surface area contributed by atoms with Crippen molar-refractivity contribution in [1.82, 2.24) is 4.90 Å². The third-order valence-electron chi connectivity index (χ3n) is 5.19. The molecule has 2 aliphatic rings. The van der Waals surface area contributed by atoms with E-state index in [-0.39, 0.29) is 5.54 Å². The van der Waals surface area contributed by atoms with E-state index in [0.717, 1.165) is 19.0 Å². The van der Waals surface area contributed by atoms with E-state index in [4.69, 9.17) is 0 Å². The highest BCUT2D eigenvalue weighted by Crippen LogP contribution is 2.42. The number of hydrogen-bond donors (Lipinski definition) is 1. The lowest BCUT2D eigenvalue weighted by molar-refractivity contribution is -0.0577. The first kappa shape index (κ1) is 13.1. The molecule has 1 aliphatic heterocycles. The zero-order valence-corrected chi connectivity index (χ0v) is 11.9. The van der Waals surface area contributed by atoms with Gasteiger partial charge in [0.15, 0.2) is 0 Å². The lowest BCUT2D eigenvalue weighted by Crippen LogP contribution is -2.62. The average molecular weight is 259 g/mol. The summed E-state index contributed by atoms with van der Waals surface area (Å²) in [5, 5.41) is 9.91. The molecule has 2 unspecified atom stereocenters. The number of aliphatic hydroxyl groups is 1. The Labute approximate surface area is 116 Å². The summed E-state index contributed by atoms with van der Waals surface area (Å²) in [6.07, 6.45) is 4.95. The van der Waals surface area contributed by atoms with Crippen LogP contribution in [0.3, 0.4) is 0 Å². The molecule has 0 spiro atoms. The van der Waals surface area contributed by atoms with Crippen molar-refractivity contribution >= 4 is 0 Å². The summed E-state index contributed by atoms with van der Waals surface area (Å²) < 4.78 is 0. The van der Waals surface area contributed by atoms with Crippen LogP contribution >= 0.6 is 0 Å². The van der Waals surface area contributed by atoms with Gasteiger partial charge in [-0.2, -0.15) is 0 Å². The summed E-state index contributed by atoms with van der Waals surface area (Å²) in [6, 6.07) is 10.8. The molecule has 2 nitrogen and oxygen atoms in total. The fourth-order valence-electron chi connectivity index (χ4n) is 3.97. The fraction of sp³-hybridized carbons (Fsp3) is 0.647. The predicted molar refractivity (Wildman–Crippen MR) is 78.2 cm³/mol. The first-order valence-corrected chi connectivity index (χ1v) is 7.64. The van der Waals surface area contributed by atoms with Crippen LogP contribution in [0, 0.1) is 5.92 Å². The van der Waals surface area contributed by atoms with Gasteiger partial charge in [0.05, 0.1) is 6.61 Å². The van der Waals surface area contributed by atoms with Crippen molar-refractivity contribution in [2.75, 3.05) is 19.7 Å². The van der Waals surface area contributed by atoms with E-state index in [1.807, 2.05) is 0 Å². The Balaban J connectivity index is 1.65. The molecule has 0 bridgehead atoms. The largest absolute Gasteiger partial charge is 0.394 e. The molecule has 0 radical (unpaired) electrons. The maximum atomic E-state index is 9.91. The average Bonchev–Trinajstić information content (AvgIpc) is 2.38. The molecule has 1 heterocycles. The molecular weight excluding hydrogens is 234 g/mol. The quantitative estimate of drug-likeness (QED) is 0.902. The van der Waals surface area contributed by atoms with Crippen LogP contribution in [0.5, 0.6) is 0 Å². The first-order valence-electron chi connectivity index (χ1n) is 7.64. The van der Waals surface area contributed by atoms with Gasteiger partial charge >= 0.3 is 0 Å². The van der Waals surface area contributed by atoms with E-state index >= 15 is 0 Å². The van der Waals surface area contributed by atoms with Crippen LogP contribution in [-0.4, -0.2) is 35.2 Å². The summed E-state index contributed by atoms with van der Waals surface area (Å²) in [4.78, 5) is 2.54. The number of nitrogens with zero attached hydrogens (tertiary/aromatic N) is 1. The van der Waals surface area contributed by atoms with Crippen molar-refractivity contribution in [3.63, 3.8) is 0 Å². The molecule has 19 heavy (non-hydrogen) atoms. The van der Waals surface area contributed by atoms with Gasteiger partial charge in [-0.05, 0) is 24.3 Å². The van der Waals surface area contributed by atoms with Crippen molar-refractivity contribution in [2.24, 2.45) is 5.92 Å². The van der Waals surface area contributed by atoms with E-state index in [2.05, 4.69) is 42.2 Å². The highest BCUT2D eigenvalue weighted by Gasteiger charge is 2.45. The Morgan fingerprint density at radius 3 is 2.63 bits per heavy atom. The summed E-state index contributed by atoms with van der Waals surface area (Å²) >= 11 is 0. The van der Waals surface area contributed by atoms with E-state index in [1.165, 1.54) is 31.2 Å². The molecule has 104 valence electrons. The third kappa shape index (κ3) is 2.44. The van der Waals surface area contributed by atoms with E-state index < -0.39 is 0 Å². The minimum atomic E-state index is 0.0863. The van der Waals surface area contributed by atoms with E-state index in [9.17, 15) is 5.11 Å². The van der Waals surface area contributed by atoms with Crippen molar-refractivity contribution in [3.05, 3.63) is 35.9 Å². The molecule has 0 aromatic heterocycles. The topological polar surface area (TPSA) is 23.5 Å². The predicted octanol–water partition coefficient (Wildman–Crippen LogP) is 3.03. The Morgan fingerprint density at radius 2 is 2.00 bits per heavy atom. The summed E-state index contributed by atoms with van der Waals surface area (Å²) in [5.41, 5.74) is 1.54. The number of aliphatic hydroxyl groups excluding tert-OH is 1. The smallest absolute Gasteiger partial charge is 0.0615 e. The molecule has 2 fully saturated rings. The zero-order chi connectivity index (χ0) is 13.3. The molecule has 1 aliphatic carbocycles. The molecule has 1 aromatic rings. The SMILES string of the molecule is CC1CCCC(CO)(N2CC(c3ccccc3)C2)C1. The van der Waals surface area contributed by atoms with Crippen LogP contribution in [0.1, 0.15) is 44.1 Å². The van der Waals surface area contributed by atoms with Gasteiger partial charge in [-0.3, -0.25) is 4.90 Å². The monoisotopic (exact) mass is 259 g/mol. The highest BCUT2D eigenvalue weighted by atomic mass is 16.3. The van der Waals surface area contributed by atoms with Crippen LogP contribution in [-0.2, 0) is 0 Å². The molecular formula is C17H25NO. The highest BCUT2D eigenvalue weighted by molar-refractivity contribution is 5.23. The van der Waals surface area contributed by atoms with Crippen molar-refractivity contribution in [3.8, 4) is 0 Å². The summed E-state index contributed by atoms with van der Waals surface area (Å²) in [6.45, 7) is 4.91. The number of benzene rings is 1. The van der Waals surface area contributed by atoms with Gasteiger partial charge in [-0.25, -0.2) is 0 Å². The zero-order valence-electron chi connectivity index (χ0n) is 11.9. The van der Waals surface area contributed by atoms with Crippen molar-refractivity contribution < 1.29 is 5.11 Å². The van der Waals surface area contributed by atoms with Gasteiger partial charge in [-0.15, -0.1) is 0 Å². The van der Waals surface area contributed by atoms with Crippen LogP contribution in [0.25, 0.3) is 0 Å². The summed E-state index contributed by atoms with van der Waals surface area (Å²) in [7, 11) is 0. The van der Waals surface area contributed by atoms with Crippen LogP contribution in [0.15, 0.2) is 30.3 Å². The number of likely N-dealkylation sites (tertiary alicyclic amines) is 1. The van der Waals surface area contributed by atoms with E-state index in [0.29, 0.717) is 12.5 Å². The Hall–Kier alpha value is -0.860. The van der Waals surface area contributed by atoms with Crippen molar-refractivity contribution in [2.45, 2.75) is 44.1 Å². The maximum absolute atomic E-state index is 9.91.